The maximum atomic E-state index is 12.2. The quantitative estimate of drug-likeness (QED) is 0.218. The predicted octanol–water partition coefficient (Wildman–Crippen LogP) is 6.73. The lowest BCUT2D eigenvalue weighted by Gasteiger charge is -2.14. The van der Waals surface area contributed by atoms with Crippen molar-refractivity contribution < 1.29 is 28.7 Å². The SMILES string of the molecule is CCCC(=O)Nc1ccc(OCc2ccc(COc3ccc(NC(=O)CCC)cc3C(C)=O)cc2)c(C(C)=O)c1. The van der Waals surface area contributed by atoms with Crippen LogP contribution in [-0.4, -0.2) is 23.4 Å². The van der Waals surface area contributed by atoms with Gasteiger partial charge >= 0.3 is 0 Å². The molecule has 0 fully saturated rings. The van der Waals surface area contributed by atoms with Gasteiger partial charge in [-0.25, -0.2) is 0 Å². The Morgan fingerprint density at radius 2 is 0.975 bits per heavy atom. The molecule has 3 aromatic carbocycles. The molecule has 0 aliphatic rings. The number of carbonyl (C=O) groups is 4. The summed E-state index contributed by atoms with van der Waals surface area (Å²) in [7, 11) is 0. The van der Waals surface area contributed by atoms with Crippen LogP contribution in [0.2, 0.25) is 0 Å². The van der Waals surface area contributed by atoms with Gasteiger partial charge in [0.15, 0.2) is 11.6 Å². The van der Waals surface area contributed by atoms with E-state index in [1.165, 1.54) is 13.8 Å². The van der Waals surface area contributed by atoms with Crippen LogP contribution in [0.4, 0.5) is 11.4 Å². The van der Waals surface area contributed by atoms with E-state index in [0.29, 0.717) is 46.8 Å². The average Bonchev–Trinajstić information content (AvgIpc) is 2.92. The summed E-state index contributed by atoms with van der Waals surface area (Å²) in [5.41, 5.74) is 3.71. The second-order valence-corrected chi connectivity index (χ2v) is 9.52. The molecule has 0 saturated carbocycles. The van der Waals surface area contributed by atoms with Crippen molar-refractivity contribution in [2.24, 2.45) is 0 Å². The molecule has 3 aromatic rings. The normalized spacial score (nSPS) is 10.5. The summed E-state index contributed by atoms with van der Waals surface area (Å²) in [5.74, 6) is 0.380. The fourth-order valence-corrected chi connectivity index (χ4v) is 3.97. The van der Waals surface area contributed by atoms with Gasteiger partial charge in [0.1, 0.15) is 24.7 Å². The van der Waals surface area contributed by atoms with Crippen LogP contribution in [0, 0.1) is 0 Å². The summed E-state index contributed by atoms with van der Waals surface area (Å²) in [6.07, 6.45) is 2.31. The molecule has 0 bridgehead atoms. The van der Waals surface area contributed by atoms with Gasteiger partial charge in [0.05, 0.1) is 11.1 Å². The number of carbonyl (C=O) groups excluding carboxylic acids is 4. The number of rotatable bonds is 14. The minimum atomic E-state index is -0.157. The van der Waals surface area contributed by atoms with E-state index in [2.05, 4.69) is 10.6 Å². The first kappa shape index (κ1) is 30.1. The van der Waals surface area contributed by atoms with Crippen molar-refractivity contribution in [3.8, 4) is 11.5 Å². The Balaban J connectivity index is 1.61. The molecule has 3 rings (SSSR count). The molecular weight excluding hydrogens is 508 g/mol. The van der Waals surface area contributed by atoms with E-state index in [9.17, 15) is 19.2 Å². The fourth-order valence-electron chi connectivity index (χ4n) is 3.97. The summed E-state index contributed by atoms with van der Waals surface area (Å²) in [6, 6.07) is 17.7. The first-order valence-corrected chi connectivity index (χ1v) is 13.4. The minimum absolute atomic E-state index is 0.0971. The number of ether oxygens (including phenoxy) is 2. The zero-order valence-corrected chi connectivity index (χ0v) is 23.5. The minimum Gasteiger partial charge on any atom is -0.488 e. The number of Topliss-reactive ketones (excluding diaryl/α,β-unsaturated/α-hetero) is 2. The lowest BCUT2D eigenvalue weighted by molar-refractivity contribution is -0.117. The molecule has 8 heteroatoms. The molecular formula is C32H36N2O6. The topological polar surface area (TPSA) is 111 Å². The van der Waals surface area contributed by atoms with E-state index in [0.717, 1.165) is 24.0 Å². The number of benzene rings is 3. The number of hydrogen-bond acceptors (Lipinski definition) is 6. The van der Waals surface area contributed by atoms with Gasteiger partial charge < -0.3 is 20.1 Å². The van der Waals surface area contributed by atoms with Crippen molar-refractivity contribution in [3.05, 3.63) is 82.9 Å². The summed E-state index contributed by atoms with van der Waals surface area (Å²) >= 11 is 0. The van der Waals surface area contributed by atoms with Gasteiger partial charge in [0, 0.05) is 24.2 Å². The number of anilines is 2. The highest BCUT2D eigenvalue weighted by Crippen LogP contribution is 2.26. The fraction of sp³-hybridized carbons (Fsp3) is 0.312. The van der Waals surface area contributed by atoms with E-state index in [4.69, 9.17) is 9.47 Å². The van der Waals surface area contributed by atoms with Crippen LogP contribution in [0.3, 0.4) is 0 Å². The summed E-state index contributed by atoms with van der Waals surface area (Å²) in [4.78, 5) is 48.2. The summed E-state index contributed by atoms with van der Waals surface area (Å²) in [6.45, 7) is 7.28. The van der Waals surface area contributed by atoms with Gasteiger partial charge in [-0.2, -0.15) is 0 Å². The third kappa shape index (κ3) is 8.80. The zero-order chi connectivity index (χ0) is 29.1. The number of ketones is 2. The monoisotopic (exact) mass is 544 g/mol. The van der Waals surface area contributed by atoms with Crippen LogP contribution in [-0.2, 0) is 22.8 Å². The maximum Gasteiger partial charge on any atom is 0.224 e. The van der Waals surface area contributed by atoms with E-state index < -0.39 is 0 Å². The highest BCUT2D eigenvalue weighted by Gasteiger charge is 2.13. The third-order valence-electron chi connectivity index (χ3n) is 6.05. The highest BCUT2D eigenvalue weighted by molar-refractivity contribution is 6.00. The summed E-state index contributed by atoms with van der Waals surface area (Å²) in [5, 5.41) is 5.60. The molecule has 0 saturated heterocycles. The van der Waals surface area contributed by atoms with Gasteiger partial charge in [-0.1, -0.05) is 38.1 Å². The lowest BCUT2D eigenvalue weighted by atomic mass is 10.1. The second-order valence-electron chi connectivity index (χ2n) is 9.52. The zero-order valence-electron chi connectivity index (χ0n) is 23.5. The Hall–Kier alpha value is -4.46. The molecule has 0 unspecified atom stereocenters. The average molecular weight is 545 g/mol. The van der Waals surface area contributed by atoms with Crippen molar-refractivity contribution in [2.75, 3.05) is 10.6 Å². The first-order chi connectivity index (χ1) is 19.2. The lowest BCUT2D eigenvalue weighted by Crippen LogP contribution is -2.11. The molecule has 0 aliphatic heterocycles. The Morgan fingerprint density at radius 3 is 1.30 bits per heavy atom. The van der Waals surface area contributed by atoms with Gasteiger partial charge in [0.2, 0.25) is 11.8 Å². The Morgan fingerprint density at radius 1 is 0.600 bits per heavy atom. The molecule has 0 heterocycles. The van der Waals surface area contributed by atoms with Crippen LogP contribution in [0.25, 0.3) is 0 Å². The molecule has 0 atom stereocenters. The third-order valence-corrected chi connectivity index (χ3v) is 6.05. The molecule has 2 amide bonds. The molecule has 0 spiro atoms. The van der Waals surface area contributed by atoms with Crippen molar-refractivity contribution in [3.63, 3.8) is 0 Å². The van der Waals surface area contributed by atoms with Crippen molar-refractivity contribution >= 4 is 34.8 Å². The molecule has 0 aliphatic carbocycles. The van der Waals surface area contributed by atoms with Crippen LogP contribution in [0.15, 0.2) is 60.7 Å². The van der Waals surface area contributed by atoms with Crippen molar-refractivity contribution in [1.82, 2.24) is 0 Å². The van der Waals surface area contributed by atoms with Crippen LogP contribution in [0.1, 0.15) is 85.2 Å². The first-order valence-electron chi connectivity index (χ1n) is 13.4. The van der Waals surface area contributed by atoms with Crippen LogP contribution in [0.5, 0.6) is 11.5 Å². The van der Waals surface area contributed by atoms with Crippen LogP contribution < -0.4 is 20.1 Å². The van der Waals surface area contributed by atoms with Gasteiger partial charge in [-0.05, 0) is 74.2 Å². The predicted molar refractivity (Wildman–Crippen MR) is 155 cm³/mol. The van der Waals surface area contributed by atoms with E-state index in [1.54, 1.807) is 36.4 Å². The number of nitrogens with one attached hydrogen (secondary N) is 2. The van der Waals surface area contributed by atoms with Gasteiger partial charge in [0.25, 0.3) is 0 Å². The smallest absolute Gasteiger partial charge is 0.224 e. The molecule has 40 heavy (non-hydrogen) atoms. The molecule has 8 nitrogen and oxygen atoms in total. The second kappa shape index (κ2) is 14.6. The Labute approximate surface area is 235 Å². The Bertz CT molecular complexity index is 1260. The van der Waals surface area contributed by atoms with E-state index in [-0.39, 0.29) is 36.6 Å². The number of hydrogen-bond donors (Lipinski definition) is 2. The molecule has 0 aromatic heterocycles. The van der Waals surface area contributed by atoms with E-state index in [1.807, 2.05) is 38.1 Å². The highest BCUT2D eigenvalue weighted by atomic mass is 16.5. The molecule has 0 radical (unpaired) electrons. The molecule has 210 valence electrons. The number of amides is 2. The molecule has 2 N–H and O–H groups in total. The maximum absolute atomic E-state index is 12.2. The van der Waals surface area contributed by atoms with E-state index >= 15 is 0 Å². The summed E-state index contributed by atoms with van der Waals surface area (Å²) < 4.78 is 11.8. The van der Waals surface area contributed by atoms with Crippen molar-refractivity contribution in [1.29, 1.82) is 0 Å². The van der Waals surface area contributed by atoms with Gasteiger partial charge in [-0.15, -0.1) is 0 Å². The standard InChI is InChI=1S/C32H36N2O6/c1-5-7-31(37)33-25-13-15-29(27(17-25)21(3)35)39-19-23-9-11-24(12-10-23)20-40-30-16-14-26(18-28(30)22(4)36)34-32(38)8-6-2/h9-18H,5-8,19-20H2,1-4H3,(H,33,37)(H,34,38). The Kier molecular flexibility index (Phi) is 11.0. The largest absolute Gasteiger partial charge is 0.488 e. The van der Waals surface area contributed by atoms with Gasteiger partial charge in [-0.3, -0.25) is 19.2 Å². The van der Waals surface area contributed by atoms with Crippen LogP contribution >= 0.6 is 0 Å². The van der Waals surface area contributed by atoms with Crippen molar-refractivity contribution in [2.45, 2.75) is 66.6 Å².